The van der Waals surface area contributed by atoms with Crippen molar-refractivity contribution in [2.75, 3.05) is 6.26 Å². The lowest BCUT2D eigenvalue weighted by Crippen LogP contribution is -2.01. The third kappa shape index (κ3) is 2.13. The lowest BCUT2D eigenvalue weighted by atomic mass is 10.3. The summed E-state index contributed by atoms with van der Waals surface area (Å²) in [4.78, 5) is -0.554. The molecule has 0 spiro atoms. The predicted molar refractivity (Wildman–Crippen MR) is 49.5 cm³/mol. The maximum Gasteiger partial charge on any atom is 0.179 e. The molecule has 0 fully saturated rings. The number of benzene rings is 1. The summed E-state index contributed by atoms with van der Waals surface area (Å²) in [7, 11) is -3.68. The van der Waals surface area contributed by atoms with Crippen LogP contribution in [0.5, 0.6) is 0 Å². The van der Waals surface area contributed by atoms with Crippen molar-refractivity contribution in [3.8, 4) is 0 Å². The van der Waals surface area contributed by atoms with Crippen molar-refractivity contribution in [1.82, 2.24) is 0 Å². The van der Waals surface area contributed by atoms with Crippen LogP contribution in [0.3, 0.4) is 0 Å². The fourth-order valence-electron chi connectivity index (χ4n) is 0.848. The van der Waals surface area contributed by atoms with Crippen molar-refractivity contribution < 1.29 is 12.8 Å². The van der Waals surface area contributed by atoms with Gasteiger partial charge < -0.3 is 0 Å². The molecule has 0 unspecified atom stereocenters. The Morgan fingerprint density at radius 3 is 2.23 bits per heavy atom. The molecule has 1 aromatic rings. The van der Waals surface area contributed by atoms with E-state index in [0.29, 0.717) is 0 Å². The van der Waals surface area contributed by atoms with Gasteiger partial charge in [0.25, 0.3) is 0 Å². The fraction of sp³-hybridized carbons (Fsp3) is 0.143. The lowest BCUT2D eigenvalue weighted by Gasteiger charge is -2.04. The second-order valence-electron chi connectivity index (χ2n) is 2.44. The van der Waals surface area contributed by atoms with Crippen molar-refractivity contribution in [1.29, 1.82) is 0 Å². The van der Waals surface area contributed by atoms with E-state index < -0.39 is 20.5 Å². The van der Waals surface area contributed by atoms with Crippen LogP contribution in [0, 0.1) is 5.82 Å². The molecule has 0 saturated heterocycles. The first-order valence-corrected chi connectivity index (χ1v) is 5.82. The summed E-state index contributed by atoms with van der Waals surface area (Å²) in [6.07, 6.45) is 0.869. The van der Waals surface area contributed by atoms with Crippen LogP contribution in [0.25, 0.3) is 0 Å². The third-order valence-electron chi connectivity index (χ3n) is 1.37. The summed E-state index contributed by atoms with van der Waals surface area (Å²) in [5.74, 6) is -0.892. The molecule has 0 radical (unpaired) electrons. The minimum Gasteiger partial charge on any atom is -0.224 e. The van der Waals surface area contributed by atoms with Crippen LogP contribution >= 0.6 is 23.2 Å². The number of halogens is 3. The molecule has 0 aliphatic rings. The van der Waals surface area contributed by atoms with Gasteiger partial charge in [-0.25, -0.2) is 12.8 Å². The standard InChI is InChI=1S/C7H5Cl2FO2S/c1-13(11,12)7-5(10)3-2-4(8)6(7)9/h2-3H,1H3. The van der Waals surface area contributed by atoms with Crippen LogP contribution in [-0.4, -0.2) is 14.7 Å². The van der Waals surface area contributed by atoms with Crippen LogP contribution in [0.15, 0.2) is 17.0 Å². The van der Waals surface area contributed by atoms with Crippen LogP contribution in [-0.2, 0) is 9.84 Å². The molecule has 1 rings (SSSR count). The summed E-state index contributed by atoms with van der Waals surface area (Å²) in [6.45, 7) is 0. The van der Waals surface area contributed by atoms with Crippen LogP contribution in [0.4, 0.5) is 4.39 Å². The molecule has 0 saturated carbocycles. The zero-order valence-electron chi connectivity index (χ0n) is 6.51. The van der Waals surface area contributed by atoms with Gasteiger partial charge in [-0.1, -0.05) is 23.2 Å². The van der Waals surface area contributed by atoms with Crippen molar-refractivity contribution in [3.63, 3.8) is 0 Å². The molecule has 0 bridgehead atoms. The molecular weight excluding hydrogens is 238 g/mol. The van der Waals surface area contributed by atoms with E-state index in [2.05, 4.69) is 0 Å². The third-order valence-corrected chi connectivity index (χ3v) is 3.43. The van der Waals surface area contributed by atoms with Gasteiger partial charge in [-0.15, -0.1) is 0 Å². The second-order valence-corrected chi connectivity index (χ2v) is 5.18. The van der Waals surface area contributed by atoms with Crippen molar-refractivity contribution in [2.24, 2.45) is 0 Å². The average Bonchev–Trinajstić information content (AvgIpc) is 1.95. The molecule has 2 nitrogen and oxygen atoms in total. The van der Waals surface area contributed by atoms with E-state index in [1.165, 1.54) is 6.07 Å². The Morgan fingerprint density at radius 1 is 1.31 bits per heavy atom. The first-order chi connectivity index (χ1) is 5.84. The van der Waals surface area contributed by atoms with Crippen LogP contribution in [0.1, 0.15) is 0 Å². The Kier molecular flexibility index (Phi) is 2.85. The van der Waals surface area contributed by atoms with Gasteiger partial charge in [0.2, 0.25) is 0 Å². The summed E-state index contributed by atoms with van der Waals surface area (Å²) >= 11 is 11.1. The van der Waals surface area contributed by atoms with Gasteiger partial charge >= 0.3 is 0 Å². The van der Waals surface area contributed by atoms with Crippen LogP contribution < -0.4 is 0 Å². The molecule has 13 heavy (non-hydrogen) atoms. The highest BCUT2D eigenvalue weighted by Crippen LogP contribution is 2.31. The number of hydrogen-bond donors (Lipinski definition) is 0. The first kappa shape index (κ1) is 10.8. The average molecular weight is 243 g/mol. The highest BCUT2D eigenvalue weighted by Gasteiger charge is 2.19. The van der Waals surface area contributed by atoms with Gasteiger partial charge in [-0.05, 0) is 12.1 Å². The van der Waals surface area contributed by atoms with E-state index in [0.717, 1.165) is 12.3 Å². The molecule has 0 amide bonds. The van der Waals surface area contributed by atoms with Gasteiger partial charge in [0.15, 0.2) is 9.84 Å². The topological polar surface area (TPSA) is 34.1 Å². The van der Waals surface area contributed by atoms with Gasteiger partial charge in [0.05, 0.1) is 10.0 Å². The molecule has 0 aromatic heterocycles. The number of hydrogen-bond acceptors (Lipinski definition) is 2. The van der Waals surface area contributed by atoms with E-state index in [9.17, 15) is 12.8 Å². The smallest absolute Gasteiger partial charge is 0.179 e. The Bertz CT molecular complexity index is 442. The van der Waals surface area contributed by atoms with Gasteiger partial charge in [0.1, 0.15) is 10.7 Å². The number of sulfone groups is 1. The molecule has 0 atom stereocenters. The van der Waals surface area contributed by atoms with Crippen LogP contribution in [0.2, 0.25) is 10.0 Å². The summed E-state index contributed by atoms with van der Waals surface area (Å²) in [6, 6.07) is 2.17. The minimum absolute atomic E-state index is 0.0171. The van der Waals surface area contributed by atoms with E-state index in [4.69, 9.17) is 23.2 Å². The predicted octanol–water partition coefficient (Wildman–Crippen LogP) is 2.54. The highest BCUT2D eigenvalue weighted by molar-refractivity contribution is 7.90. The zero-order chi connectivity index (χ0) is 10.2. The Balaban J connectivity index is 3.62. The van der Waals surface area contributed by atoms with Gasteiger partial charge in [0, 0.05) is 6.26 Å². The maximum absolute atomic E-state index is 13.0. The summed E-state index contributed by atoms with van der Waals surface area (Å²) in [5, 5.41) is -0.257. The Hall–Kier alpha value is -0.320. The van der Waals surface area contributed by atoms with E-state index in [-0.39, 0.29) is 10.0 Å². The second kappa shape index (κ2) is 3.44. The van der Waals surface area contributed by atoms with E-state index in [1.807, 2.05) is 0 Å². The fourth-order valence-corrected chi connectivity index (χ4v) is 2.49. The Labute approximate surface area is 85.2 Å². The summed E-state index contributed by atoms with van der Waals surface area (Å²) < 4.78 is 35.1. The van der Waals surface area contributed by atoms with Gasteiger partial charge in [-0.2, -0.15) is 0 Å². The summed E-state index contributed by atoms with van der Waals surface area (Å²) in [5.41, 5.74) is 0. The number of rotatable bonds is 1. The monoisotopic (exact) mass is 242 g/mol. The van der Waals surface area contributed by atoms with Crippen molar-refractivity contribution in [3.05, 3.63) is 28.0 Å². The van der Waals surface area contributed by atoms with E-state index >= 15 is 0 Å². The Morgan fingerprint density at radius 2 is 1.85 bits per heavy atom. The largest absolute Gasteiger partial charge is 0.224 e. The molecule has 0 heterocycles. The normalized spacial score (nSPS) is 11.7. The quantitative estimate of drug-likeness (QED) is 0.710. The highest BCUT2D eigenvalue weighted by atomic mass is 35.5. The van der Waals surface area contributed by atoms with Crippen molar-refractivity contribution in [2.45, 2.75) is 4.90 Å². The minimum atomic E-state index is -3.68. The van der Waals surface area contributed by atoms with Gasteiger partial charge in [-0.3, -0.25) is 0 Å². The van der Waals surface area contributed by atoms with E-state index in [1.54, 1.807) is 0 Å². The molecule has 6 heteroatoms. The SMILES string of the molecule is CS(=O)(=O)c1c(F)ccc(Cl)c1Cl. The molecule has 1 aromatic carbocycles. The molecular formula is C7H5Cl2FO2S. The molecule has 0 aliphatic carbocycles. The van der Waals surface area contributed by atoms with Crippen molar-refractivity contribution >= 4 is 33.0 Å². The maximum atomic E-state index is 13.0. The first-order valence-electron chi connectivity index (χ1n) is 3.17. The molecule has 0 aliphatic heterocycles. The zero-order valence-corrected chi connectivity index (χ0v) is 8.84. The molecule has 72 valence electrons. The molecule has 0 N–H and O–H groups in total. The lowest BCUT2D eigenvalue weighted by molar-refractivity contribution is 0.571.